The van der Waals surface area contributed by atoms with Gasteiger partial charge in [0, 0.05) is 37.7 Å². The Hall–Kier alpha value is -2.40. The normalized spacial score (nSPS) is 15.4. The van der Waals surface area contributed by atoms with Crippen LogP contribution in [0.5, 0.6) is 0 Å². The van der Waals surface area contributed by atoms with Gasteiger partial charge in [0.2, 0.25) is 0 Å². The number of aromatic nitrogens is 3. The van der Waals surface area contributed by atoms with Crippen molar-refractivity contribution in [3.63, 3.8) is 0 Å². The third-order valence-electron chi connectivity index (χ3n) is 6.48. The molecule has 1 atom stereocenters. The molecule has 0 unspecified atom stereocenters. The first-order chi connectivity index (χ1) is 14.9. The summed E-state index contributed by atoms with van der Waals surface area (Å²) in [6, 6.07) is 7.04. The second-order valence-electron chi connectivity index (χ2n) is 9.20. The molecule has 1 aliphatic heterocycles. The van der Waals surface area contributed by atoms with E-state index in [0.717, 1.165) is 42.2 Å². The number of aryl methyl sites for hydroxylation is 2. The number of methoxy groups -OCH3 is 1. The molecule has 1 saturated heterocycles. The van der Waals surface area contributed by atoms with E-state index in [-0.39, 0.29) is 6.04 Å². The van der Waals surface area contributed by atoms with Crippen LogP contribution in [0.15, 0.2) is 24.4 Å². The van der Waals surface area contributed by atoms with Gasteiger partial charge in [-0.15, -0.1) is 0 Å². The molecule has 3 aromatic rings. The van der Waals surface area contributed by atoms with Gasteiger partial charge >= 0.3 is 0 Å². The molecule has 3 aromatic heterocycles. The summed E-state index contributed by atoms with van der Waals surface area (Å²) in [4.78, 5) is 12.8. The van der Waals surface area contributed by atoms with Crippen LogP contribution in [-0.4, -0.2) is 41.3 Å². The van der Waals surface area contributed by atoms with Crippen molar-refractivity contribution in [1.82, 2.24) is 14.5 Å². The Balaban J connectivity index is 1.90. The number of ether oxygens (including phenoxy) is 1. The van der Waals surface area contributed by atoms with Crippen molar-refractivity contribution >= 4 is 16.9 Å². The maximum atomic E-state index is 5.41. The summed E-state index contributed by atoms with van der Waals surface area (Å²) in [5.41, 5.74) is 8.16. The van der Waals surface area contributed by atoms with Crippen LogP contribution in [0.2, 0.25) is 0 Å². The molecule has 0 bridgehead atoms. The van der Waals surface area contributed by atoms with Crippen molar-refractivity contribution in [2.75, 3.05) is 31.7 Å². The molecular formula is C26H36N4O. The van der Waals surface area contributed by atoms with Crippen LogP contribution in [0, 0.1) is 6.92 Å². The van der Waals surface area contributed by atoms with Crippen molar-refractivity contribution in [3.05, 3.63) is 41.2 Å². The lowest BCUT2D eigenvalue weighted by atomic mass is 10.0. The Kier molecular flexibility index (Phi) is 6.33. The van der Waals surface area contributed by atoms with Gasteiger partial charge in [0.05, 0.1) is 29.4 Å². The number of hydrogen-bond acceptors (Lipinski definition) is 4. The van der Waals surface area contributed by atoms with Gasteiger partial charge in [-0.25, -0.2) is 9.97 Å². The van der Waals surface area contributed by atoms with Crippen LogP contribution in [0.1, 0.15) is 69.3 Å². The molecule has 0 spiro atoms. The average Bonchev–Trinajstić information content (AvgIpc) is 3.41. The molecule has 0 aromatic carbocycles. The number of hydrogen-bond donors (Lipinski definition) is 0. The summed E-state index contributed by atoms with van der Waals surface area (Å²) in [5.74, 6) is 1.52. The van der Waals surface area contributed by atoms with E-state index in [1.807, 2.05) is 0 Å². The average molecular weight is 421 g/mol. The molecule has 0 radical (unpaired) electrons. The molecule has 1 fully saturated rings. The predicted molar refractivity (Wildman–Crippen MR) is 129 cm³/mol. The monoisotopic (exact) mass is 420 g/mol. The molecule has 5 heteroatoms. The minimum absolute atomic E-state index is 0.269. The molecule has 5 nitrogen and oxygen atoms in total. The maximum Gasteiger partial charge on any atom is 0.138 e. The minimum Gasteiger partial charge on any atom is -0.383 e. The SMILES string of the molecule is CCc1cc2c(nc1-c1ccc(C(C)C)nc1N1CCCC1)c(C)cn2[C@@H](C)COC. The van der Waals surface area contributed by atoms with Gasteiger partial charge in [-0.3, -0.25) is 0 Å². The van der Waals surface area contributed by atoms with Gasteiger partial charge in [0.25, 0.3) is 0 Å². The fourth-order valence-electron chi connectivity index (χ4n) is 4.70. The van der Waals surface area contributed by atoms with Gasteiger partial charge in [0.15, 0.2) is 0 Å². The van der Waals surface area contributed by atoms with Crippen LogP contribution in [0.4, 0.5) is 5.82 Å². The molecule has 31 heavy (non-hydrogen) atoms. The van der Waals surface area contributed by atoms with Crippen molar-refractivity contribution in [2.24, 2.45) is 0 Å². The first-order valence-corrected chi connectivity index (χ1v) is 11.7. The lowest BCUT2D eigenvalue weighted by Crippen LogP contribution is -2.21. The third kappa shape index (κ3) is 4.08. The number of rotatable bonds is 7. The lowest BCUT2D eigenvalue weighted by Gasteiger charge is -2.23. The van der Waals surface area contributed by atoms with Crippen molar-refractivity contribution in [1.29, 1.82) is 0 Å². The highest BCUT2D eigenvalue weighted by atomic mass is 16.5. The summed E-state index contributed by atoms with van der Waals surface area (Å²) < 4.78 is 7.73. The molecule has 0 aliphatic carbocycles. The van der Waals surface area contributed by atoms with Crippen LogP contribution >= 0.6 is 0 Å². The molecule has 0 saturated carbocycles. The first-order valence-electron chi connectivity index (χ1n) is 11.7. The fourth-order valence-corrected chi connectivity index (χ4v) is 4.70. The molecule has 0 amide bonds. The van der Waals surface area contributed by atoms with Gasteiger partial charge in [-0.1, -0.05) is 20.8 Å². The van der Waals surface area contributed by atoms with Crippen LogP contribution in [0.3, 0.4) is 0 Å². The molecular weight excluding hydrogens is 384 g/mol. The second-order valence-corrected chi connectivity index (χ2v) is 9.20. The summed E-state index contributed by atoms with van der Waals surface area (Å²) in [5, 5.41) is 0. The standard InChI is InChI=1S/C26H36N4O/c1-7-20-14-23-24(18(4)15-30(23)19(5)16-31-6)28-25(20)21-10-11-22(17(2)3)27-26(21)29-12-8-9-13-29/h10-11,14-15,17,19H,7-9,12-13,16H2,1-6H3/t19-/m0/s1. The maximum absolute atomic E-state index is 5.41. The van der Waals surface area contributed by atoms with Crippen LogP contribution in [-0.2, 0) is 11.2 Å². The quantitative estimate of drug-likeness (QED) is 0.477. The molecule has 4 rings (SSSR count). The Morgan fingerprint density at radius 2 is 1.84 bits per heavy atom. The Morgan fingerprint density at radius 3 is 2.48 bits per heavy atom. The van der Waals surface area contributed by atoms with E-state index in [0.29, 0.717) is 12.5 Å². The van der Waals surface area contributed by atoms with Gasteiger partial charge < -0.3 is 14.2 Å². The Labute approximate surface area is 186 Å². The first kappa shape index (κ1) is 21.8. The number of anilines is 1. The summed E-state index contributed by atoms with van der Waals surface area (Å²) in [7, 11) is 1.76. The van der Waals surface area contributed by atoms with Crippen molar-refractivity contribution in [2.45, 2.75) is 65.8 Å². The number of nitrogens with zero attached hydrogens (tertiary/aromatic N) is 4. The van der Waals surface area contributed by atoms with Gasteiger partial charge in [-0.2, -0.15) is 0 Å². The topological polar surface area (TPSA) is 43.2 Å². The number of fused-ring (bicyclic) bond motifs is 1. The Morgan fingerprint density at radius 1 is 1.10 bits per heavy atom. The fraction of sp³-hybridized carbons (Fsp3) is 0.538. The zero-order valence-corrected chi connectivity index (χ0v) is 19.9. The van der Waals surface area contributed by atoms with E-state index in [1.165, 1.54) is 35.0 Å². The Bertz CT molecular complexity index is 1060. The zero-order valence-electron chi connectivity index (χ0n) is 19.9. The largest absolute Gasteiger partial charge is 0.383 e. The van der Waals surface area contributed by atoms with Crippen molar-refractivity contribution < 1.29 is 4.74 Å². The van der Waals surface area contributed by atoms with E-state index in [9.17, 15) is 0 Å². The molecule has 166 valence electrons. The van der Waals surface area contributed by atoms with E-state index in [4.69, 9.17) is 14.7 Å². The van der Waals surface area contributed by atoms with E-state index >= 15 is 0 Å². The highest BCUT2D eigenvalue weighted by Gasteiger charge is 2.23. The summed E-state index contributed by atoms with van der Waals surface area (Å²) in [6.45, 7) is 13.8. The van der Waals surface area contributed by atoms with E-state index < -0.39 is 0 Å². The highest BCUT2D eigenvalue weighted by Crippen LogP contribution is 2.36. The molecule has 1 aliphatic rings. The minimum atomic E-state index is 0.269. The third-order valence-corrected chi connectivity index (χ3v) is 6.48. The van der Waals surface area contributed by atoms with Gasteiger partial charge in [-0.05, 0) is 68.4 Å². The molecule has 4 heterocycles. The van der Waals surface area contributed by atoms with Crippen molar-refractivity contribution in [3.8, 4) is 11.3 Å². The highest BCUT2D eigenvalue weighted by molar-refractivity contribution is 5.86. The second kappa shape index (κ2) is 8.99. The summed E-state index contributed by atoms with van der Waals surface area (Å²) in [6.07, 6.45) is 5.62. The predicted octanol–water partition coefficient (Wildman–Crippen LogP) is 5.90. The van der Waals surface area contributed by atoms with E-state index in [2.05, 4.69) is 68.5 Å². The number of pyridine rings is 2. The van der Waals surface area contributed by atoms with Crippen LogP contribution < -0.4 is 4.90 Å². The molecule has 0 N–H and O–H groups in total. The lowest BCUT2D eigenvalue weighted by molar-refractivity contribution is 0.164. The summed E-state index contributed by atoms with van der Waals surface area (Å²) >= 11 is 0. The van der Waals surface area contributed by atoms with E-state index in [1.54, 1.807) is 7.11 Å². The van der Waals surface area contributed by atoms with Crippen LogP contribution in [0.25, 0.3) is 22.3 Å². The smallest absolute Gasteiger partial charge is 0.138 e. The van der Waals surface area contributed by atoms with Gasteiger partial charge in [0.1, 0.15) is 5.82 Å². The zero-order chi connectivity index (χ0) is 22.1.